The van der Waals surface area contributed by atoms with Gasteiger partial charge < -0.3 is 28.8 Å². The van der Waals surface area contributed by atoms with Crippen molar-refractivity contribution >= 4 is 31.9 Å². The van der Waals surface area contributed by atoms with Crippen LogP contribution in [0.5, 0.6) is 11.5 Å². The first-order chi connectivity index (χ1) is 29.9. The van der Waals surface area contributed by atoms with Crippen molar-refractivity contribution < 1.29 is 23.4 Å². The molecule has 0 saturated heterocycles. The zero-order valence-corrected chi connectivity index (χ0v) is 45.3. The number of hydrogen-bond acceptors (Lipinski definition) is 5. The van der Waals surface area contributed by atoms with E-state index >= 15 is 9.13 Å². The second-order valence-electron chi connectivity index (χ2n) is 25.7. The zero-order valence-electron chi connectivity index (χ0n) is 43.5. The topological polar surface area (TPSA) is 93.7 Å². The quantitative estimate of drug-likeness (QED) is 0.0861. The van der Waals surface area contributed by atoms with Gasteiger partial charge in [0, 0.05) is 64.8 Å². The third-order valence-corrected chi connectivity index (χ3v) is 19.5. The van der Waals surface area contributed by atoms with Crippen LogP contribution >= 0.6 is 14.6 Å². The predicted molar refractivity (Wildman–Crippen MR) is 278 cm³/mol. The van der Waals surface area contributed by atoms with Gasteiger partial charge in [0.15, 0.2) is 20.2 Å². The number of nitrogens with one attached hydrogen (secondary N) is 2. The van der Waals surface area contributed by atoms with E-state index in [0.29, 0.717) is 52.8 Å². The Hall–Kier alpha value is -3.01. The van der Waals surface area contributed by atoms with Gasteiger partial charge in [0.05, 0.1) is 5.56 Å². The molecule has 2 N–H and O–H groups in total. The summed E-state index contributed by atoms with van der Waals surface area (Å²) in [4.78, 5) is 13.8. The largest absolute Gasteiger partial charge is 0.456 e. The van der Waals surface area contributed by atoms with E-state index < -0.39 is 20.2 Å². The van der Waals surface area contributed by atoms with E-state index in [-0.39, 0.29) is 51.3 Å². The molecule has 4 unspecified atom stereocenters. The lowest BCUT2D eigenvalue weighted by molar-refractivity contribution is 0.0224. The maximum absolute atomic E-state index is 15.3. The minimum Gasteiger partial charge on any atom is -0.456 e. The zero-order chi connectivity index (χ0) is 48.4. The molecule has 0 bridgehead atoms. The highest BCUT2D eigenvalue weighted by atomic mass is 31.2. The lowest BCUT2D eigenvalue weighted by Gasteiger charge is -2.37. The van der Waals surface area contributed by atoms with Crippen LogP contribution in [0.3, 0.4) is 0 Å². The number of fused-ring (bicyclic) bond motifs is 6. The van der Waals surface area contributed by atoms with Crippen LogP contribution in [0.1, 0.15) is 189 Å². The molecule has 0 fully saturated rings. The molecule has 0 amide bonds. The summed E-state index contributed by atoms with van der Waals surface area (Å²) in [6, 6.07) is 19.4. The molecule has 3 aromatic rings. The summed E-state index contributed by atoms with van der Waals surface area (Å²) < 4.78 is 44.1. The second-order valence-corrected chi connectivity index (χ2v) is 31.2. The van der Waals surface area contributed by atoms with Gasteiger partial charge in [-0.2, -0.15) is 0 Å². The Labute approximate surface area is 396 Å². The van der Waals surface area contributed by atoms with Crippen molar-refractivity contribution in [1.29, 1.82) is 0 Å². The van der Waals surface area contributed by atoms with Crippen molar-refractivity contribution in [3.63, 3.8) is 0 Å². The minimum absolute atomic E-state index is 0.206. The Kier molecular flexibility index (Phi) is 16.5. The van der Waals surface area contributed by atoms with E-state index in [1.807, 2.05) is 60.7 Å². The summed E-state index contributed by atoms with van der Waals surface area (Å²) >= 11 is 0. The van der Waals surface area contributed by atoms with E-state index in [9.17, 15) is 4.79 Å². The normalized spacial score (nSPS) is 20.0. The third kappa shape index (κ3) is 15.0. The van der Waals surface area contributed by atoms with Crippen LogP contribution in [-0.4, -0.2) is 30.6 Å². The molecule has 5 rings (SSSR count). The molecule has 7 nitrogen and oxygen atoms in total. The molecule has 2 heterocycles. The summed E-state index contributed by atoms with van der Waals surface area (Å²) in [5.41, 5.74) is 3.72. The highest BCUT2D eigenvalue weighted by Gasteiger charge is 2.53. The monoisotopic (exact) mass is 931 g/mol. The Morgan fingerprint density at radius 2 is 0.846 bits per heavy atom. The molecular weight excluding hydrogens is 843 g/mol. The van der Waals surface area contributed by atoms with E-state index in [2.05, 4.69) is 121 Å². The number of ether oxygens (including phenoxy) is 2. The molecule has 362 valence electrons. The molecule has 0 saturated carbocycles. The van der Waals surface area contributed by atoms with E-state index in [4.69, 9.17) is 9.47 Å². The first-order valence-electron chi connectivity index (χ1n) is 24.9. The Morgan fingerprint density at radius 1 is 0.508 bits per heavy atom. The smallest absolute Gasteiger partial charge is 0.340 e. The van der Waals surface area contributed by atoms with Gasteiger partial charge in [-0.05, 0) is 127 Å². The molecule has 65 heavy (non-hydrogen) atoms. The minimum atomic E-state index is -2.93. The lowest BCUT2D eigenvalue weighted by Crippen LogP contribution is -2.33. The van der Waals surface area contributed by atoms with Gasteiger partial charge in [0.2, 0.25) is 0 Å². The molecule has 0 aliphatic carbocycles. The molecule has 2 aliphatic rings. The standard InChI is InChI=1S/C56H88N2O5P2/c1-39(25-29-52(5,6)7)35-64(60,36-40(2)26-30-53(8,9)10)57-43-21-23-47-49(33-43)62-50-34-44(22-24-48(50)56(47)46-20-18-17-19-45(46)51(59)63-56)58-65(61,37-41(3)27-31-54(11,12)13)38-42(4)28-32-55(14,15)16/h17-24,33-34,39-42H,25-32,35-38H2,1-16H3,(H,57,60)(H,58,61). The molecule has 1 spiro atoms. The highest BCUT2D eigenvalue weighted by Crippen LogP contribution is 2.59. The van der Waals surface area contributed by atoms with Gasteiger partial charge in [-0.3, -0.25) is 0 Å². The maximum Gasteiger partial charge on any atom is 0.340 e. The van der Waals surface area contributed by atoms with Crippen molar-refractivity contribution in [2.24, 2.45) is 45.3 Å². The highest BCUT2D eigenvalue weighted by molar-refractivity contribution is 7.65. The van der Waals surface area contributed by atoms with Crippen LogP contribution in [0.4, 0.5) is 11.4 Å². The first-order valence-corrected chi connectivity index (χ1v) is 29.0. The van der Waals surface area contributed by atoms with Crippen LogP contribution in [0, 0.1) is 45.3 Å². The van der Waals surface area contributed by atoms with E-state index in [0.717, 1.165) is 68.3 Å². The molecule has 4 atom stereocenters. The molecule has 3 aromatic carbocycles. The average molecular weight is 931 g/mol. The van der Waals surface area contributed by atoms with Crippen molar-refractivity contribution in [2.75, 3.05) is 34.8 Å². The Bertz CT molecular complexity index is 2020. The maximum atomic E-state index is 15.3. The number of hydrogen-bond donors (Lipinski definition) is 2. The average Bonchev–Trinajstić information content (AvgIpc) is 3.45. The molecular formula is C56H88N2O5P2. The first kappa shape index (κ1) is 53.0. The number of esters is 1. The molecule has 0 aromatic heterocycles. The van der Waals surface area contributed by atoms with Crippen LogP contribution < -0.4 is 14.9 Å². The Balaban J connectivity index is 1.54. The van der Waals surface area contributed by atoms with Gasteiger partial charge >= 0.3 is 5.97 Å². The summed E-state index contributed by atoms with van der Waals surface area (Å²) in [5.74, 6) is 1.81. The summed E-state index contributed by atoms with van der Waals surface area (Å²) in [5, 5.41) is 7.26. The van der Waals surface area contributed by atoms with Gasteiger partial charge in [-0.25, -0.2) is 4.79 Å². The fourth-order valence-corrected chi connectivity index (χ4v) is 16.4. The van der Waals surface area contributed by atoms with Gasteiger partial charge in [0.25, 0.3) is 0 Å². The fourth-order valence-electron chi connectivity index (χ4n) is 9.71. The lowest BCUT2D eigenvalue weighted by atomic mass is 9.77. The fraction of sp³-hybridized carbons (Fsp3) is 0.661. The summed E-state index contributed by atoms with van der Waals surface area (Å²) in [7, 11) is -5.87. The number of rotatable bonds is 20. The Morgan fingerprint density at radius 3 is 1.18 bits per heavy atom. The van der Waals surface area contributed by atoms with Crippen LogP contribution in [0.25, 0.3) is 0 Å². The van der Waals surface area contributed by atoms with E-state index in [1.54, 1.807) is 0 Å². The number of carbonyl (C=O) groups is 1. The SMILES string of the molecule is CC(CCC(C)(C)C)CP(=O)(CC(C)CCC(C)(C)C)Nc1ccc2c(c1)Oc1cc(NP(=O)(CC(C)CCC(C)(C)C)CC(C)CCC(C)(C)C)ccc1C21OC(=O)c2ccccc21. The summed E-state index contributed by atoms with van der Waals surface area (Å²) in [6.45, 7) is 36.2. The number of anilines is 2. The predicted octanol–water partition coefficient (Wildman–Crippen LogP) is 17.5. The van der Waals surface area contributed by atoms with Gasteiger partial charge in [-0.1, -0.05) is 129 Å². The third-order valence-electron chi connectivity index (χ3n) is 13.4. The molecule has 9 heteroatoms. The molecule has 0 radical (unpaired) electrons. The van der Waals surface area contributed by atoms with Gasteiger partial charge in [0.1, 0.15) is 11.5 Å². The van der Waals surface area contributed by atoms with Crippen molar-refractivity contribution in [3.05, 3.63) is 82.9 Å². The van der Waals surface area contributed by atoms with Crippen LogP contribution in [0.15, 0.2) is 60.7 Å². The van der Waals surface area contributed by atoms with Crippen molar-refractivity contribution in [2.45, 2.75) is 168 Å². The molecule has 2 aliphatic heterocycles. The second kappa shape index (κ2) is 20.3. The number of carbonyl (C=O) groups excluding carboxylic acids is 1. The van der Waals surface area contributed by atoms with Crippen molar-refractivity contribution in [3.8, 4) is 11.5 Å². The van der Waals surface area contributed by atoms with Crippen LogP contribution in [-0.2, 0) is 19.5 Å². The summed E-state index contributed by atoms with van der Waals surface area (Å²) in [6.07, 6.45) is 10.8. The van der Waals surface area contributed by atoms with Gasteiger partial charge in [-0.15, -0.1) is 0 Å². The number of benzene rings is 3. The van der Waals surface area contributed by atoms with Crippen molar-refractivity contribution in [1.82, 2.24) is 0 Å². The van der Waals surface area contributed by atoms with Crippen LogP contribution in [0.2, 0.25) is 0 Å². The van der Waals surface area contributed by atoms with E-state index in [1.165, 1.54) is 0 Å².